The van der Waals surface area contributed by atoms with Crippen LogP contribution in [-0.4, -0.2) is 51.1 Å². The molecule has 0 N–H and O–H groups in total. The Kier molecular flexibility index (Phi) is 4.44. The number of aromatic nitrogens is 3. The van der Waals surface area contributed by atoms with Gasteiger partial charge in [-0.3, -0.25) is 14.3 Å². The van der Waals surface area contributed by atoms with Crippen molar-refractivity contribution in [3.63, 3.8) is 0 Å². The smallest absolute Gasteiger partial charge is 0.273 e. The summed E-state index contributed by atoms with van der Waals surface area (Å²) in [5.74, 6) is -0.757. The molecule has 0 spiro atoms. The Morgan fingerprint density at radius 3 is 2.67 bits per heavy atom. The molecule has 0 radical (unpaired) electrons. The van der Waals surface area contributed by atoms with E-state index in [0.29, 0.717) is 23.8 Å². The van der Waals surface area contributed by atoms with Crippen LogP contribution >= 0.6 is 11.3 Å². The molecule has 0 unspecified atom stereocenters. The predicted octanol–water partition coefficient (Wildman–Crippen LogP) is 2.17. The van der Waals surface area contributed by atoms with E-state index < -0.39 is 0 Å². The second kappa shape index (κ2) is 6.92. The number of halogens is 1. The number of hydrogen-bond donors (Lipinski definition) is 0. The van der Waals surface area contributed by atoms with E-state index in [4.69, 9.17) is 0 Å². The van der Waals surface area contributed by atoms with Gasteiger partial charge < -0.3 is 9.80 Å². The summed E-state index contributed by atoms with van der Waals surface area (Å²) >= 11 is 1.31. The number of hydrogen-bond acceptors (Lipinski definition) is 5. The Bertz CT molecular complexity index is 997. The van der Waals surface area contributed by atoms with E-state index in [-0.39, 0.29) is 24.2 Å². The van der Waals surface area contributed by atoms with Gasteiger partial charge in [-0.1, -0.05) is 0 Å². The highest BCUT2D eigenvalue weighted by Crippen LogP contribution is 2.25. The molecule has 0 atom stereocenters. The van der Waals surface area contributed by atoms with Crippen molar-refractivity contribution in [1.82, 2.24) is 19.7 Å². The van der Waals surface area contributed by atoms with E-state index in [1.807, 2.05) is 0 Å². The van der Waals surface area contributed by atoms with Crippen molar-refractivity contribution in [3.05, 3.63) is 53.6 Å². The summed E-state index contributed by atoms with van der Waals surface area (Å²) in [5, 5.41) is 6.38. The monoisotopic (exact) mass is 385 g/mol. The fraction of sp³-hybridized carbons (Fsp3) is 0.222. The summed E-state index contributed by atoms with van der Waals surface area (Å²) in [6.45, 7) is 0.825. The van der Waals surface area contributed by atoms with Gasteiger partial charge in [0, 0.05) is 37.3 Å². The molecule has 9 heteroatoms. The maximum Gasteiger partial charge on any atom is 0.273 e. The number of aryl methyl sites for hydroxylation is 1. The predicted molar refractivity (Wildman–Crippen MR) is 99.0 cm³/mol. The molecule has 1 saturated heterocycles. The lowest BCUT2D eigenvalue weighted by atomic mass is 10.2. The number of carbonyl (C=O) groups excluding carboxylic acids is 2. The lowest BCUT2D eigenvalue weighted by Gasteiger charge is -2.33. The van der Waals surface area contributed by atoms with Crippen LogP contribution in [0.3, 0.4) is 0 Å². The largest absolute Gasteiger partial charge is 0.326 e. The Morgan fingerprint density at radius 2 is 2.00 bits per heavy atom. The number of carbonyl (C=O) groups is 2. The van der Waals surface area contributed by atoms with Gasteiger partial charge in [0.25, 0.3) is 5.91 Å². The van der Waals surface area contributed by atoms with E-state index in [1.165, 1.54) is 28.4 Å². The molecule has 0 aliphatic carbocycles. The van der Waals surface area contributed by atoms with Crippen LogP contribution in [0.4, 0.5) is 10.1 Å². The SMILES string of the molecule is Cn1cc(N2CCN(C(=O)c3csc(-c4ccc(F)cc4)n3)CC2=O)cn1. The van der Waals surface area contributed by atoms with Crippen molar-refractivity contribution in [2.45, 2.75) is 0 Å². The fourth-order valence-corrected chi connectivity index (χ4v) is 3.73. The molecule has 0 saturated carbocycles. The van der Waals surface area contributed by atoms with Crippen LogP contribution in [-0.2, 0) is 11.8 Å². The van der Waals surface area contributed by atoms with Crippen molar-refractivity contribution in [2.24, 2.45) is 7.05 Å². The van der Waals surface area contributed by atoms with Gasteiger partial charge in [0.1, 0.15) is 23.1 Å². The maximum atomic E-state index is 13.1. The van der Waals surface area contributed by atoms with Gasteiger partial charge in [0.05, 0.1) is 11.9 Å². The normalized spacial score (nSPS) is 14.7. The Hall–Kier alpha value is -3.07. The average Bonchev–Trinajstić information content (AvgIpc) is 3.31. The van der Waals surface area contributed by atoms with Crippen molar-refractivity contribution in [3.8, 4) is 10.6 Å². The minimum atomic E-state index is -0.323. The van der Waals surface area contributed by atoms with Gasteiger partial charge in [-0.2, -0.15) is 5.10 Å². The minimum Gasteiger partial charge on any atom is -0.326 e. The number of rotatable bonds is 3. The van der Waals surface area contributed by atoms with Crippen LogP contribution in [0.15, 0.2) is 42.0 Å². The topological polar surface area (TPSA) is 71.3 Å². The van der Waals surface area contributed by atoms with Crippen LogP contribution in [0, 0.1) is 5.82 Å². The molecule has 4 rings (SSSR count). The minimum absolute atomic E-state index is 0.00284. The molecule has 2 amide bonds. The first kappa shape index (κ1) is 17.3. The van der Waals surface area contributed by atoms with E-state index in [1.54, 1.807) is 46.5 Å². The number of benzene rings is 1. The third kappa shape index (κ3) is 3.45. The zero-order chi connectivity index (χ0) is 19.0. The quantitative estimate of drug-likeness (QED) is 0.693. The van der Waals surface area contributed by atoms with Crippen LogP contribution in [0.5, 0.6) is 0 Å². The summed E-state index contributed by atoms with van der Waals surface area (Å²) in [6, 6.07) is 5.96. The second-order valence-electron chi connectivity index (χ2n) is 6.19. The Balaban J connectivity index is 1.46. The number of piperazine rings is 1. The first-order valence-electron chi connectivity index (χ1n) is 8.31. The van der Waals surface area contributed by atoms with Crippen molar-refractivity contribution < 1.29 is 14.0 Å². The number of amides is 2. The highest BCUT2D eigenvalue weighted by Gasteiger charge is 2.30. The Labute approximate surface area is 158 Å². The first-order chi connectivity index (χ1) is 13.0. The molecular formula is C18H16FN5O2S. The summed E-state index contributed by atoms with van der Waals surface area (Å²) in [6.07, 6.45) is 3.40. The third-order valence-corrected chi connectivity index (χ3v) is 5.22. The van der Waals surface area contributed by atoms with Gasteiger partial charge in [-0.05, 0) is 24.3 Å². The number of nitrogens with zero attached hydrogens (tertiary/aromatic N) is 5. The molecule has 3 aromatic rings. The van der Waals surface area contributed by atoms with E-state index in [0.717, 1.165) is 11.3 Å². The summed E-state index contributed by atoms with van der Waals surface area (Å²) in [7, 11) is 1.79. The molecule has 0 bridgehead atoms. The van der Waals surface area contributed by atoms with Crippen LogP contribution in [0.2, 0.25) is 0 Å². The number of thiazole rings is 1. The zero-order valence-corrected chi connectivity index (χ0v) is 15.3. The zero-order valence-electron chi connectivity index (χ0n) is 14.5. The average molecular weight is 385 g/mol. The van der Waals surface area contributed by atoms with Gasteiger partial charge in [-0.25, -0.2) is 9.37 Å². The van der Waals surface area contributed by atoms with Gasteiger partial charge in [-0.15, -0.1) is 11.3 Å². The molecule has 27 heavy (non-hydrogen) atoms. The maximum absolute atomic E-state index is 13.1. The van der Waals surface area contributed by atoms with Gasteiger partial charge >= 0.3 is 0 Å². The molecule has 1 fully saturated rings. The molecule has 7 nitrogen and oxygen atoms in total. The van der Waals surface area contributed by atoms with Crippen molar-refractivity contribution in [1.29, 1.82) is 0 Å². The van der Waals surface area contributed by atoms with Crippen LogP contribution in [0.25, 0.3) is 10.6 Å². The summed E-state index contributed by atoms with van der Waals surface area (Å²) in [5.41, 5.74) is 1.77. The standard InChI is InChI=1S/C18H16FN5O2S/c1-22-9-14(8-20-22)24-7-6-23(10-16(24)25)18(26)15-11-27-17(21-15)12-2-4-13(19)5-3-12/h2-5,8-9,11H,6-7,10H2,1H3. The molecule has 1 aliphatic rings. The third-order valence-electron chi connectivity index (χ3n) is 4.33. The highest BCUT2D eigenvalue weighted by atomic mass is 32.1. The lowest BCUT2D eigenvalue weighted by Crippen LogP contribution is -2.52. The second-order valence-corrected chi connectivity index (χ2v) is 7.05. The fourth-order valence-electron chi connectivity index (χ4n) is 2.93. The summed E-state index contributed by atoms with van der Waals surface area (Å²) in [4.78, 5) is 32.6. The van der Waals surface area contributed by atoms with Crippen LogP contribution in [0.1, 0.15) is 10.5 Å². The number of anilines is 1. The molecule has 2 aromatic heterocycles. The van der Waals surface area contributed by atoms with Crippen LogP contribution < -0.4 is 4.90 Å². The van der Waals surface area contributed by atoms with Crippen molar-refractivity contribution >= 4 is 28.8 Å². The molecule has 1 aromatic carbocycles. The lowest BCUT2D eigenvalue weighted by molar-refractivity contribution is -0.120. The highest BCUT2D eigenvalue weighted by molar-refractivity contribution is 7.13. The Morgan fingerprint density at radius 1 is 1.22 bits per heavy atom. The molecular weight excluding hydrogens is 369 g/mol. The molecule has 1 aliphatic heterocycles. The van der Waals surface area contributed by atoms with E-state index >= 15 is 0 Å². The van der Waals surface area contributed by atoms with Crippen molar-refractivity contribution in [2.75, 3.05) is 24.5 Å². The van der Waals surface area contributed by atoms with Gasteiger partial charge in [0.15, 0.2) is 0 Å². The summed E-state index contributed by atoms with van der Waals surface area (Å²) < 4.78 is 14.7. The van der Waals surface area contributed by atoms with Gasteiger partial charge in [0.2, 0.25) is 5.91 Å². The first-order valence-corrected chi connectivity index (χ1v) is 9.19. The molecule has 3 heterocycles. The van der Waals surface area contributed by atoms with E-state index in [2.05, 4.69) is 10.1 Å². The van der Waals surface area contributed by atoms with E-state index in [9.17, 15) is 14.0 Å². The molecule has 138 valence electrons.